The highest BCUT2D eigenvalue weighted by molar-refractivity contribution is 9.10. The van der Waals surface area contributed by atoms with Crippen molar-refractivity contribution in [3.05, 3.63) is 69.2 Å². The van der Waals surface area contributed by atoms with Gasteiger partial charge in [0.15, 0.2) is 0 Å². The zero-order chi connectivity index (χ0) is 13.8. The molecule has 0 saturated heterocycles. The van der Waals surface area contributed by atoms with Crippen LogP contribution in [-0.4, -0.2) is 0 Å². The number of hydrogen-bond acceptors (Lipinski definition) is 1. The Kier molecular flexibility index (Phi) is 4.78. The molecule has 1 unspecified atom stereocenters. The number of rotatable bonds is 4. The van der Waals surface area contributed by atoms with E-state index in [9.17, 15) is 0 Å². The number of aryl methyl sites for hydroxylation is 1. The van der Waals surface area contributed by atoms with E-state index in [4.69, 9.17) is 0 Å². The van der Waals surface area contributed by atoms with Gasteiger partial charge in [-0.2, -0.15) is 0 Å². The molecule has 0 saturated carbocycles. The van der Waals surface area contributed by atoms with Gasteiger partial charge in [-0.15, -0.1) is 0 Å². The molecule has 0 amide bonds. The second-order valence-electron chi connectivity index (χ2n) is 5.02. The lowest BCUT2D eigenvalue weighted by Gasteiger charge is -2.16. The molecule has 1 atom stereocenters. The minimum absolute atomic E-state index is 0.345. The summed E-state index contributed by atoms with van der Waals surface area (Å²) in [5, 5.41) is 3.59. The van der Waals surface area contributed by atoms with Gasteiger partial charge in [-0.3, -0.25) is 0 Å². The van der Waals surface area contributed by atoms with Crippen molar-refractivity contribution >= 4 is 15.9 Å². The van der Waals surface area contributed by atoms with E-state index in [0.717, 1.165) is 11.0 Å². The fourth-order valence-electron chi connectivity index (χ4n) is 2.16. The smallest absolute Gasteiger partial charge is 0.0295 e. The van der Waals surface area contributed by atoms with E-state index in [2.05, 4.69) is 84.5 Å². The van der Waals surface area contributed by atoms with Crippen molar-refractivity contribution in [2.45, 2.75) is 33.4 Å². The average molecular weight is 318 g/mol. The first-order valence-electron chi connectivity index (χ1n) is 6.62. The van der Waals surface area contributed by atoms with Gasteiger partial charge in [0.2, 0.25) is 0 Å². The maximum absolute atomic E-state index is 3.59. The van der Waals surface area contributed by atoms with E-state index in [0.29, 0.717) is 6.04 Å². The van der Waals surface area contributed by atoms with Crippen molar-refractivity contribution in [1.82, 2.24) is 5.32 Å². The quantitative estimate of drug-likeness (QED) is 0.844. The van der Waals surface area contributed by atoms with Crippen molar-refractivity contribution < 1.29 is 0 Å². The van der Waals surface area contributed by atoms with E-state index in [1.807, 2.05) is 0 Å². The summed E-state index contributed by atoms with van der Waals surface area (Å²) < 4.78 is 1.13. The van der Waals surface area contributed by atoms with Gasteiger partial charge >= 0.3 is 0 Å². The Bertz CT molecular complexity index is 563. The molecular formula is C17H20BrN. The second-order valence-corrected chi connectivity index (χ2v) is 5.93. The van der Waals surface area contributed by atoms with E-state index in [1.54, 1.807) is 0 Å². The van der Waals surface area contributed by atoms with E-state index < -0.39 is 0 Å². The highest BCUT2D eigenvalue weighted by atomic mass is 79.9. The van der Waals surface area contributed by atoms with Gasteiger partial charge in [-0.1, -0.05) is 46.3 Å². The van der Waals surface area contributed by atoms with Crippen molar-refractivity contribution in [3.8, 4) is 0 Å². The fraction of sp³-hybridized carbons (Fsp3) is 0.294. The van der Waals surface area contributed by atoms with Crippen molar-refractivity contribution in [3.63, 3.8) is 0 Å². The Hall–Kier alpha value is -1.12. The summed E-state index contributed by atoms with van der Waals surface area (Å²) in [7, 11) is 0. The van der Waals surface area contributed by atoms with Crippen LogP contribution in [0.25, 0.3) is 0 Å². The van der Waals surface area contributed by atoms with Crippen LogP contribution in [0.4, 0.5) is 0 Å². The molecule has 0 fully saturated rings. The molecule has 2 heteroatoms. The van der Waals surface area contributed by atoms with Gasteiger partial charge < -0.3 is 5.32 Å². The molecule has 1 N–H and O–H groups in total. The van der Waals surface area contributed by atoms with E-state index in [1.165, 1.54) is 22.3 Å². The highest BCUT2D eigenvalue weighted by Crippen LogP contribution is 2.19. The Morgan fingerprint density at radius 2 is 1.84 bits per heavy atom. The van der Waals surface area contributed by atoms with Crippen LogP contribution in [0.5, 0.6) is 0 Å². The lowest BCUT2D eigenvalue weighted by molar-refractivity contribution is 0.573. The molecule has 19 heavy (non-hydrogen) atoms. The van der Waals surface area contributed by atoms with Gasteiger partial charge in [0.1, 0.15) is 0 Å². The van der Waals surface area contributed by atoms with Crippen molar-refractivity contribution in [1.29, 1.82) is 0 Å². The fourth-order valence-corrected chi connectivity index (χ4v) is 2.58. The predicted octanol–water partition coefficient (Wildman–Crippen LogP) is 4.92. The Balaban J connectivity index is 2.04. The number of nitrogens with one attached hydrogen (secondary N) is 1. The van der Waals surface area contributed by atoms with Gasteiger partial charge in [0, 0.05) is 17.1 Å². The maximum atomic E-state index is 3.59. The zero-order valence-electron chi connectivity index (χ0n) is 11.7. The van der Waals surface area contributed by atoms with Crippen molar-refractivity contribution in [2.75, 3.05) is 0 Å². The summed E-state index contributed by atoms with van der Waals surface area (Å²) in [6, 6.07) is 15.3. The molecule has 2 aromatic rings. The Morgan fingerprint density at radius 3 is 2.58 bits per heavy atom. The summed E-state index contributed by atoms with van der Waals surface area (Å²) in [4.78, 5) is 0. The Labute approximate surface area is 124 Å². The second kappa shape index (κ2) is 6.36. The van der Waals surface area contributed by atoms with E-state index in [-0.39, 0.29) is 0 Å². The molecule has 0 aromatic heterocycles. The number of hydrogen-bond donors (Lipinski definition) is 1. The molecule has 0 aliphatic heterocycles. The highest BCUT2D eigenvalue weighted by Gasteiger charge is 2.06. The predicted molar refractivity (Wildman–Crippen MR) is 85.3 cm³/mol. The molecule has 0 aliphatic rings. The third-order valence-corrected chi connectivity index (χ3v) is 4.16. The molecule has 1 nitrogen and oxygen atoms in total. The average Bonchev–Trinajstić information content (AvgIpc) is 2.40. The van der Waals surface area contributed by atoms with Crippen LogP contribution >= 0.6 is 15.9 Å². The third kappa shape index (κ3) is 3.68. The number of halogens is 1. The normalized spacial score (nSPS) is 12.4. The van der Waals surface area contributed by atoms with Crippen LogP contribution in [0, 0.1) is 13.8 Å². The van der Waals surface area contributed by atoms with Gasteiger partial charge in [-0.25, -0.2) is 0 Å². The van der Waals surface area contributed by atoms with Crippen LogP contribution in [0.1, 0.15) is 35.2 Å². The zero-order valence-corrected chi connectivity index (χ0v) is 13.3. The summed E-state index contributed by atoms with van der Waals surface area (Å²) in [5.74, 6) is 0. The summed E-state index contributed by atoms with van der Waals surface area (Å²) in [6.45, 7) is 7.46. The summed E-state index contributed by atoms with van der Waals surface area (Å²) >= 11 is 3.52. The van der Waals surface area contributed by atoms with Crippen LogP contribution in [0.3, 0.4) is 0 Å². The third-order valence-electron chi connectivity index (χ3n) is 3.66. The maximum Gasteiger partial charge on any atom is 0.0295 e. The van der Waals surface area contributed by atoms with Gasteiger partial charge in [0.05, 0.1) is 0 Å². The number of benzene rings is 2. The first kappa shape index (κ1) is 14.3. The molecule has 0 radical (unpaired) electrons. The van der Waals surface area contributed by atoms with Crippen LogP contribution in [0.2, 0.25) is 0 Å². The lowest BCUT2D eigenvalue weighted by Crippen LogP contribution is -2.18. The molecular weight excluding hydrogens is 298 g/mol. The van der Waals surface area contributed by atoms with Crippen LogP contribution < -0.4 is 5.32 Å². The van der Waals surface area contributed by atoms with E-state index >= 15 is 0 Å². The standard InChI is InChI=1S/C17H20BrN/c1-12-6-4-8-16(13(12)2)11-19-14(3)15-7-5-9-17(18)10-15/h4-10,14,19H,11H2,1-3H3. The molecule has 0 aliphatic carbocycles. The monoisotopic (exact) mass is 317 g/mol. The molecule has 0 spiro atoms. The molecule has 0 heterocycles. The molecule has 0 bridgehead atoms. The minimum Gasteiger partial charge on any atom is -0.306 e. The summed E-state index contributed by atoms with van der Waals surface area (Å²) in [6.07, 6.45) is 0. The van der Waals surface area contributed by atoms with Crippen LogP contribution in [0.15, 0.2) is 46.9 Å². The molecule has 100 valence electrons. The largest absolute Gasteiger partial charge is 0.306 e. The van der Waals surface area contributed by atoms with Crippen molar-refractivity contribution in [2.24, 2.45) is 0 Å². The SMILES string of the molecule is Cc1cccc(CNC(C)c2cccc(Br)c2)c1C. The van der Waals surface area contributed by atoms with Crippen LogP contribution in [-0.2, 0) is 6.54 Å². The first-order valence-corrected chi connectivity index (χ1v) is 7.41. The van der Waals surface area contributed by atoms with Gasteiger partial charge in [-0.05, 0) is 55.2 Å². The topological polar surface area (TPSA) is 12.0 Å². The Morgan fingerprint density at radius 1 is 1.11 bits per heavy atom. The minimum atomic E-state index is 0.345. The lowest BCUT2D eigenvalue weighted by atomic mass is 10.0. The molecule has 2 aromatic carbocycles. The van der Waals surface area contributed by atoms with Gasteiger partial charge in [0.25, 0.3) is 0 Å². The summed E-state index contributed by atoms with van der Waals surface area (Å²) in [5.41, 5.74) is 5.42. The molecule has 2 rings (SSSR count). The first-order chi connectivity index (χ1) is 9.08.